The van der Waals surface area contributed by atoms with Crippen molar-refractivity contribution in [2.75, 3.05) is 13.2 Å². The number of nitrogens with one attached hydrogen (secondary N) is 1. The molecule has 0 aromatic rings. The highest BCUT2D eigenvalue weighted by molar-refractivity contribution is 4.91. The van der Waals surface area contributed by atoms with Gasteiger partial charge >= 0.3 is 0 Å². The number of hydrogen-bond donors (Lipinski definition) is 1. The van der Waals surface area contributed by atoms with Crippen LogP contribution in [0.5, 0.6) is 0 Å². The summed E-state index contributed by atoms with van der Waals surface area (Å²) in [6.07, 6.45) is 6.21. The van der Waals surface area contributed by atoms with E-state index < -0.39 is 0 Å². The molecule has 0 saturated heterocycles. The first-order valence-electron chi connectivity index (χ1n) is 8.17. The highest BCUT2D eigenvalue weighted by Gasteiger charge is 2.37. The molecule has 0 bridgehead atoms. The zero-order valence-electron chi connectivity index (χ0n) is 14.0. The fourth-order valence-electron chi connectivity index (χ4n) is 2.95. The predicted molar refractivity (Wildman–Crippen MR) is 83.5 cm³/mol. The molecule has 1 aliphatic rings. The summed E-state index contributed by atoms with van der Waals surface area (Å²) in [5.74, 6) is 1.72. The molecule has 2 heteroatoms. The molecule has 1 aliphatic carbocycles. The largest absolute Gasteiger partial charge is 0.374 e. The molecule has 0 aromatic heterocycles. The Morgan fingerprint density at radius 3 is 2.21 bits per heavy atom. The molecule has 0 spiro atoms. The van der Waals surface area contributed by atoms with E-state index in [9.17, 15) is 0 Å². The van der Waals surface area contributed by atoms with Gasteiger partial charge in [0.25, 0.3) is 0 Å². The lowest BCUT2D eigenvalue weighted by atomic mass is 9.74. The van der Waals surface area contributed by atoms with E-state index in [1.165, 1.54) is 25.7 Å². The van der Waals surface area contributed by atoms with Crippen LogP contribution in [0.25, 0.3) is 0 Å². The first-order chi connectivity index (χ1) is 8.78. The van der Waals surface area contributed by atoms with E-state index in [1.54, 1.807) is 0 Å². The second kappa shape index (κ2) is 7.08. The molecule has 19 heavy (non-hydrogen) atoms. The molecule has 1 fully saturated rings. The summed E-state index contributed by atoms with van der Waals surface area (Å²) in [4.78, 5) is 0. The van der Waals surface area contributed by atoms with Gasteiger partial charge in [-0.1, -0.05) is 20.8 Å². The van der Waals surface area contributed by atoms with Crippen molar-refractivity contribution in [3.05, 3.63) is 0 Å². The normalized spacial score (nSPS) is 28.9. The third-order valence-electron chi connectivity index (χ3n) is 4.44. The molecule has 114 valence electrons. The van der Waals surface area contributed by atoms with Crippen LogP contribution in [0.1, 0.15) is 73.6 Å². The van der Waals surface area contributed by atoms with Crippen LogP contribution in [0, 0.1) is 11.8 Å². The topological polar surface area (TPSA) is 21.3 Å². The highest BCUT2D eigenvalue weighted by atomic mass is 16.5. The molecule has 1 rings (SSSR count). The molecule has 0 aliphatic heterocycles. The van der Waals surface area contributed by atoms with E-state index in [2.05, 4.69) is 46.9 Å². The summed E-state index contributed by atoms with van der Waals surface area (Å²) in [5.41, 5.74) is 0.270. The van der Waals surface area contributed by atoms with Crippen molar-refractivity contribution in [1.82, 2.24) is 5.32 Å². The SMILES string of the molecule is CCCOC1(CNC(C)(C)C)CCC(C(C)C)CC1. The van der Waals surface area contributed by atoms with Gasteiger partial charge in [0, 0.05) is 18.7 Å². The Morgan fingerprint density at radius 1 is 1.21 bits per heavy atom. The molecule has 0 aromatic carbocycles. The van der Waals surface area contributed by atoms with E-state index in [-0.39, 0.29) is 11.1 Å². The van der Waals surface area contributed by atoms with Crippen LogP contribution >= 0.6 is 0 Å². The summed E-state index contributed by atoms with van der Waals surface area (Å²) in [6.45, 7) is 15.5. The van der Waals surface area contributed by atoms with Crippen LogP contribution in [0.2, 0.25) is 0 Å². The molecule has 0 heterocycles. The van der Waals surface area contributed by atoms with Crippen molar-refractivity contribution in [3.63, 3.8) is 0 Å². The van der Waals surface area contributed by atoms with E-state index in [0.29, 0.717) is 0 Å². The summed E-state index contributed by atoms with van der Waals surface area (Å²) in [7, 11) is 0. The van der Waals surface area contributed by atoms with E-state index in [0.717, 1.165) is 31.4 Å². The Balaban J connectivity index is 2.57. The molecule has 1 saturated carbocycles. The van der Waals surface area contributed by atoms with Crippen LogP contribution in [0.4, 0.5) is 0 Å². The molecule has 0 atom stereocenters. The molecular formula is C17H35NO. The van der Waals surface area contributed by atoms with Gasteiger partial charge in [-0.3, -0.25) is 0 Å². The van der Waals surface area contributed by atoms with Gasteiger partial charge in [0.15, 0.2) is 0 Å². The van der Waals surface area contributed by atoms with Gasteiger partial charge in [-0.15, -0.1) is 0 Å². The van der Waals surface area contributed by atoms with Gasteiger partial charge in [0.2, 0.25) is 0 Å². The van der Waals surface area contributed by atoms with Crippen molar-refractivity contribution in [3.8, 4) is 0 Å². The second-order valence-corrected chi connectivity index (χ2v) is 7.72. The lowest BCUT2D eigenvalue weighted by Crippen LogP contribution is -2.51. The zero-order valence-corrected chi connectivity index (χ0v) is 14.0. The lowest BCUT2D eigenvalue weighted by molar-refractivity contribution is -0.0818. The van der Waals surface area contributed by atoms with Crippen molar-refractivity contribution in [1.29, 1.82) is 0 Å². The summed E-state index contributed by atoms with van der Waals surface area (Å²) in [6, 6.07) is 0. The molecule has 0 unspecified atom stereocenters. The van der Waals surface area contributed by atoms with Crippen molar-refractivity contribution < 1.29 is 4.74 Å². The second-order valence-electron chi connectivity index (χ2n) is 7.72. The smallest absolute Gasteiger partial charge is 0.0806 e. The number of rotatable bonds is 6. The van der Waals surface area contributed by atoms with Crippen LogP contribution in [-0.4, -0.2) is 24.3 Å². The Morgan fingerprint density at radius 2 is 1.79 bits per heavy atom. The Bertz CT molecular complexity index is 246. The number of ether oxygens (including phenoxy) is 1. The summed E-state index contributed by atoms with van der Waals surface area (Å²) >= 11 is 0. The minimum atomic E-state index is 0.0919. The zero-order chi connectivity index (χ0) is 14.5. The minimum absolute atomic E-state index is 0.0919. The van der Waals surface area contributed by atoms with E-state index in [1.807, 2.05) is 0 Å². The van der Waals surface area contributed by atoms with Gasteiger partial charge in [0.05, 0.1) is 5.60 Å². The van der Waals surface area contributed by atoms with Crippen molar-refractivity contribution in [2.45, 2.75) is 84.8 Å². The molecule has 0 radical (unpaired) electrons. The van der Waals surface area contributed by atoms with Crippen molar-refractivity contribution >= 4 is 0 Å². The predicted octanol–water partition coefficient (Wildman–Crippen LogP) is 4.39. The molecular weight excluding hydrogens is 234 g/mol. The van der Waals surface area contributed by atoms with Crippen LogP contribution in [0.3, 0.4) is 0 Å². The average Bonchev–Trinajstić information content (AvgIpc) is 2.34. The van der Waals surface area contributed by atoms with Gasteiger partial charge in [0.1, 0.15) is 0 Å². The first-order valence-corrected chi connectivity index (χ1v) is 8.17. The maximum Gasteiger partial charge on any atom is 0.0806 e. The maximum atomic E-state index is 6.28. The summed E-state index contributed by atoms with van der Waals surface area (Å²) in [5, 5.41) is 3.66. The first kappa shape index (κ1) is 17.0. The van der Waals surface area contributed by atoms with Crippen LogP contribution < -0.4 is 5.32 Å². The van der Waals surface area contributed by atoms with Gasteiger partial charge in [-0.25, -0.2) is 0 Å². The quantitative estimate of drug-likeness (QED) is 0.772. The van der Waals surface area contributed by atoms with E-state index >= 15 is 0 Å². The highest BCUT2D eigenvalue weighted by Crippen LogP contribution is 2.38. The third kappa shape index (κ3) is 5.83. The van der Waals surface area contributed by atoms with Gasteiger partial charge in [-0.2, -0.15) is 0 Å². The standard InChI is InChI=1S/C17H35NO/c1-7-12-19-17(13-18-16(4,5)6)10-8-15(9-11-17)14(2)3/h14-15,18H,7-13H2,1-6H3. The molecule has 1 N–H and O–H groups in total. The maximum absolute atomic E-state index is 6.28. The van der Waals surface area contributed by atoms with E-state index in [4.69, 9.17) is 4.74 Å². The Hall–Kier alpha value is -0.0800. The molecule has 0 amide bonds. The van der Waals surface area contributed by atoms with Gasteiger partial charge < -0.3 is 10.1 Å². The third-order valence-corrected chi connectivity index (χ3v) is 4.44. The number of hydrogen-bond acceptors (Lipinski definition) is 2. The van der Waals surface area contributed by atoms with Gasteiger partial charge in [-0.05, 0) is 64.7 Å². The van der Waals surface area contributed by atoms with Crippen LogP contribution in [-0.2, 0) is 4.74 Å². The fraction of sp³-hybridized carbons (Fsp3) is 1.00. The monoisotopic (exact) mass is 269 g/mol. The fourth-order valence-corrected chi connectivity index (χ4v) is 2.95. The van der Waals surface area contributed by atoms with Crippen molar-refractivity contribution in [2.24, 2.45) is 11.8 Å². The minimum Gasteiger partial charge on any atom is -0.374 e. The summed E-state index contributed by atoms with van der Waals surface area (Å²) < 4.78 is 6.28. The molecule has 2 nitrogen and oxygen atoms in total. The Kier molecular flexibility index (Phi) is 6.32. The van der Waals surface area contributed by atoms with Crippen LogP contribution in [0.15, 0.2) is 0 Å². The lowest BCUT2D eigenvalue weighted by Gasteiger charge is -2.43. The Labute approximate surface area is 120 Å². The average molecular weight is 269 g/mol.